The Labute approximate surface area is 223 Å². The maximum atomic E-state index is 13.4. The van der Waals surface area contributed by atoms with Crippen molar-refractivity contribution in [2.75, 3.05) is 58.2 Å². The van der Waals surface area contributed by atoms with Crippen LogP contribution >= 0.6 is 11.8 Å². The molecule has 2 fully saturated rings. The Balaban J connectivity index is 1.56. The quantitative estimate of drug-likeness (QED) is 0.546. The number of carbonyl (C=O) groups excluding carboxylic acids is 4. The monoisotopic (exact) mass is 533 g/mol. The van der Waals surface area contributed by atoms with E-state index in [2.05, 4.69) is 5.32 Å². The van der Waals surface area contributed by atoms with Gasteiger partial charge in [0.05, 0.1) is 30.2 Å². The lowest BCUT2D eigenvalue weighted by molar-refractivity contribution is -0.133. The molecule has 1 aromatic rings. The van der Waals surface area contributed by atoms with Gasteiger partial charge in [-0.25, -0.2) is 4.79 Å². The first kappa shape index (κ1) is 28.7. The van der Waals surface area contributed by atoms with E-state index in [4.69, 9.17) is 9.72 Å². The molecule has 0 saturated carbocycles. The van der Waals surface area contributed by atoms with Gasteiger partial charge in [-0.3, -0.25) is 19.4 Å². The van der Waals surface area contributed by atoms with Crippen LogP contribution in [-0.4, -0.2) is 107 Å². The first-order valence-electron chi connectivity index (χ1n) is 13.0. The Hall–Kier alpha value is -2.82. The molecule has 0 spiro atoms. The van der Waals surface area contributed by atoms with Crippen LogP contribution in [0.3, 0.4) is 0 Å². The summed E-state index contributed by atoms with van der Waals surface area (Å²) in [5.74, 6) is 0.125. The van der Waals surface area contributed by atoms with Crippen LogP contribution in [0.5, 0.6) is 0 Å². The normalized spacial score (nSPS) is 16.6. The Morgan fingerprint density at radius 2 is 1.68 bits per heavy atom. The van der Waals surface area contributed by atoms with Crippen molar-refractivity contribution in [3.63, 3.8) is 0 Å². The number of hydrogen-bond acceptors (Lipinski definition) is 7. The summed E-state index contributed by atoms with van der Waals surface area (Å²) in [5, 5.41) is 3.08. The number of nitrogens with zero attached hydrogens (tertiary/aromatic N) is 4. The number of piperazine rings is 1. The molecule has 1 N–H and O–H groups in total. The van der Waals surface area contributed by atoms with Gasteiger partial charge in [-0.1, -0.05) is 13.8 Å². The smallest absolute Gasteiger partial charge is 0.409 e. The third kappa shape index (κ3) is 8.08. The van der Waals surface area contributed by atoms with Crippen LogP contribution in [0.2, 0.25) is 0 Å². The van der Waals surface area contributed by atoms with Crippen LogP contribution in [0.1, 0.15) is 61.3 Å². The standard InChI is InChI=1S/C26H39N5O5S/c1-5-36-26(35)31-14-12-30(13-15-31)25(34)21-7-6-19(4)28-24(21)20-8-10-29(11-9-20)23(33)16-27-22(32)17-37-18(2)3/h6-7,18,20H,5,8-17H2,1-4H3,(H,27,32). The second-order valence-electron chi connectivity index (χ2n) is 9.66. The van der Waals surface area contributed by atoms with Crippen molar-refractivity contribution in [3.05, 3.63) is 29.1 Å². The average molecular weight is 534 g/mol. The molecule has 2 aliphatic rings. The summed E-state index contributed by atoms with van der Waals surface area (Å²) in [6.07, 6.45) is 1.06. The molecule has 0 aliphatic carbocycles. The van der Waals surface area contributed by atoms with E-state index in [1.54, 1.807) is 33.4 Å². The zero-order chi connectivity index (χ0) is 26.9. The number of hydrogen-bond donors (Lipinski definition) is 1. The van der Waals surface area contributed by atoms with Gasteiger partial charge in [0.25, 0.3) is 5.91 Å². The summed E-state index contributed by atoms with van der Waals surface area (Å²) in [6, 6.07) is 3.70. The van der Waals surface area contributed by atoms with Crippen molar-refractivity contribution in [2.24, 2.45) is 0 Å². The Bertz CT molecular complexity index is 972. The first-order chi connectivity index (χ1) is 17.7. The molecule has 2 saturated heterocycles. The number of rotatable bonds is 8. The Kier molecular flexibility index (Phi) is 10.6. The molecule has 0 unspecified atom stereocenters. The van der Waals surface area contributed by atoms with Crippen LogP contribution in [0, 0.1) is 6.92 Å². The number of amides is 4. The van der Waals surface area contributed by atoms with E-state index in [1.807, 2.05) is 32.9 Å². The number of likely N-dealkylation sites (tertiary alicyclic amines) is 1. The fourth-order valence-corrected chi connectivity index (χ4v) is 5.11. The number of piperidine rings is 1. The Morgan fingerprint density at radius 3 is 2.30 bits per heavy atom. The van der Waals surface area contributed by atoms with Crippen molar-refractivity contribution in [3.8, 4) is 0 Å². The molecular weight excluding hydrogens is 494 g/mol. The van der Waals surface area contributed by atoms with E-state index >= 15 is 0 Å². The van der Waals surface area contributed by atoms with E-state index in [1.165, 1.54) is 0 Å². The summed E-state index contributed by atoms with van der Waals surface area (Å²) in [4.78, 5) is 59.9. The van der Waals surface area contributed by atoms with E-state index in [-0.39, 0.29) is 36.3 Å². The maximum Gasteiger partial charge on any atom is 0.409 e. The molecule has 4 amide bonds. The largest absolute Gasteiger partial charge is 0.450 e. The number of aryl methyl sites for hydroxylation is 1. The van der Waals surface area contributed by atoms with Gasteiger partial charge >= 0.3 is 6.09 Å². The zero-order valence-electron chi connectivity index (χ0n) is 22.3. The lowest BCUT2D eigenvalue weighted by atomic mass is 9.89. The maximum absolute atomic E-state index is 13.4. The third-order valence-electron chi connectivity index (χ3n) is 6.61. The van der Waals surface area contributed by atoms with Crippen LogP contribution < -0.4 is 5.32 Å². The molecule has 2 aliphatic heterocycles. The van der Waals surface area contributed by atoms with Gasteiger partial charge in [0.2, 0.25) is 11.8 Å². The predicted octanol–water partition coefficient (Wildman–Crippen LogP) is 2.27. The molecule has 37 heavy (non-hydrogen) atoms. The molecule has 0 radical (unpaired) electrons. The predicted molar refractivity (Wildman–Crippen MR) is 143 cm³/mol. The van der Waals surface area contributed by atoms with Gasteiger partial charge in [0.15, 0.2) is 0 Å². The number of aromatic nitrogens is 1. The second-order valence-corrected chi connectivity index (χ2v) is 11.2. The minimum absolute atomic E-state index is 0.00631. The Morgan fingerprint density at radius 1 is 1.03 bits per heavy atom. The van der Waals surface area contributed by atoms with Crippen molar-refractivity contribution < 1.29 is 23.9 Å². The summed E-state index contributed by atoms with van der Waals surface area (Å²) in [5.41, 5.74) is 2.22. The van der Waals surface area contributed by atoms with Crippen molar-refractivity contribution in [1.82, 2.24) is 25.0 Å². The van der Waals surface area contributed by atoms with Crippen LogP contribution in [0.25, 0.3) is 0 Å². The fraction of sp³-hybridized carbons (Fsp3) is 0.654. The van der Waals surface area contributed by atoms with E-state index in [0.29, 0.717) is 75.3 Å². The first-order valence-corrected chi connectivity index (χ1v) is 14.1. The molecule has 204 valence electrons. The number of pyridine rings is 1. The van der Waals surface area contributed by atoms with E-state index in [9.17, 15) is 19.2 Å². The third-order valence-corrected chi connectivity index (χ3v) is 7.70. The molecule has 3 rings (SSSR count). The highest BCUT2D eigenvalue weighted by Gasteiger charge is 2.31. The lowest BCUT2D eigenvalue weighted by Crippen LogP contribution is -2.51. The van der Waals surface area contributed by atoms with Crippen molar-refractivity contribution in [2.45, 2.75) is 51.7 Å². The summed E-state index contributed by atoms with van der Waals surface area (Å²) < 4.78 is 5.07. The van der Waals surface area contributed by atoms with Gasteiger partial charge in [0.1, 0.15) is 0 Å². The molecule has 10 nitrogen and oxygen atoms in total. The molecule has 0 bridgehead atoms. The highest BCUT2D eigenvalue weighted by molar-refractivity contribution is 8.00. The highest BCUT2D eigenvalue weighted by atomic mass is 32.2. The highest BCUT2D eigenvalue weighted by Crippen LogP contribution is 2.30. The van der Waals surface area contributed by atoms with Crippen LogP contribution in [0.4, 0.5) is 4.79 Å². The van der Waals surface area contributed by atoms with E-state index in [0.717, 1.165) is 11.4 Å². The summed E-state index contributed by atoms with van der Waals surface area (Å²) in [6.45, 7) is 11.0. The van der Waals surface area contributed by atoms with Gasteiger partial charge in [-0.15, -0.1) is 11.8 Å². The molecule has 0 aromatic carbocycles. The minimum Gasteiger partial charge on any atom is -0.450 e. The second kappa shape index (κ2) is 13.6. The number of thioether (sulfide) groups is 1. The summed E-state index contributed by atoms with van der Waals surface area (Å²) >= 11 is 1.54. The lowest BCUT2D eigenvalue weighted by Gasteiger charge is -2.35. The molecular formula is C26H39N5O5S. The number of ether oxygens (including phenoxy) is 1. The van der Waals surface area contributed by atoms with Gasteiger partial charge in [-0.2, -0.15) is 0 Å². The molecule has 0 atom stereocenters. The van der Waals surface area contributed by atoms with E-state index < -0.39 is 0 Å². The van der Waals surface area contributed by atoms with Gasteiger partial charge < -0.3 is 24.8 Å². The van der Waals surface area contributed by atoms with Crippen molar-refractivity contribution in [1.29, 1.82) is 0 Å². The van der Waals surface area contributed by atoms with Gasteiger partial charge in [-0.05, 0) is 44.1 Å². The summed E-state index contributed by atoms with van der Waals surface area (Å²) in [7, 11) is 0. The topological polar surface area (TPSA) is 112 Å². The fourth-order valence-electron chi connectivity index (χ4n) is 4.53. The zero-order valence-corrected chi connectivity index (χ0v) is 23.1. The van der Waals surface area contributed by atoms with Crippen molar-refractivity contribution >= 4 is 35.6 Å². The molecule has 11 heteroatoms. The molecule has 1 aromatic heterocycles. The van der Waals surface area contributed by atoms with Crippen LogP contribution in [-0.2, 0) is 14.3 Å². The minimum atomic E-state index is -0.345. The van der Waals surface area contributed by atoms with Gasteiger partial charge in [0, 0.05) is 50.9 Å². The van der Waals surface area contributed by atoms with Crippen LogP contribution in [0.15, 0.2) is 12.1 Å². The molecule has 3 heterocycles. The average Bonchev–Trinajstić information content (AvgIpc) is 2.90. The number of carbonyl (C=O) groups is 4. The SMILES string of the molecule is CCOC(=O)N1CCN(C(=O)c2ccc(C)nc2C2CCN(C(=O)CNC(=O)CSC(C)C)CC2)CC1. The number of nitrogens with one attached hydrogen (secondary N) is 1.